The number of nitrogen functional groups attached to an aromatic ring is 1. The Morgan fingerprint density at radius 1 is 1.00 bits per heavy atom. The molecule has 1 aliphatic heterocycles. The molecule has 0 saturated carbocycles. The van der Waals surface area contributed by atoms with Gasteiger partial charge in [-0.25, -0.2) is 9.97 Å². The Morgan fingerprint density at radius 2 is 1.74 bits per heavy atom. The number of benzene rings is 2. The Labute approximate surface area is 158 Å². The number of aromatic nitrogens is 2. The lowest BCUT2D eigenvalue weighted by Crippen LogP contribution is -2.40. The molecule has 0 bridgehead atoms. The Morgan fingerprint density at radius 3 is 2.48 bits per heavy atom. The van der Waals surface area contributed by atoms with E-state index in [4.69, 9.17) is 10.5 Å². The van der Waals surface area contributed by atoms with Crippen molar-refractivity contribution in [2.75, 3.05) is 23.7 Å². The molecule has 2 atom stereocenters. The summed E-state index contributed by atoms with van der Waals surface area (Å²) < 4.78 is 6.36. The molecule has 0 radical (unpaired) electrons. The number of anilines is 2. The summed E-state index contributed by atoms with van der Waals surface area (Å²) in [5.41, 5.74) is 9.56. The van der Waals surface area contributed by atoms with Crippen LogP contribution in [0.25, 0.3) is 0 Å². The van der Waals surface area contributed by atoms with E-state index in [0.717, 1.165) is 22.5 Å². The fourth-order valence-corrected chi connectivity index (χ4v) is 3.35. The van der Waals surface area contributed by atoms with Crippen LogP contribution in [0.2, 0.25) is 0 Å². The first-order valence-corrected chi connectivity index (χ1v) is 8.95. The molecule has 1 saturated heterocycles. The van der Waals surface area contributed by atoms with E-state index in [1.54, 1.807) is 18.5 Å². The van der Waals surface area contributed by atoms with Gasteiger partial charge < -0.3 is 20.5 Å². The van der Waals surface area contributed by atoms with Gasteiger partial charge in [0.1, 0.15) is 12.2 Å². The highest BCUT2D eigenvalue weighted by molar-refractivity contribution is 5.53. The minimum atomic E-state index is -0.250. The molecule has 0 aliphatic carbocycles. The molecule has 1 fully saturated rings. The van der Waals surface area contributed by atoms with Gasteiger partial charge in [-0.1, -0.05) is 24.3 Å². The second kappa shape index (κ2) is 7.73. The molecule has 6 heteroatoms. The number of rotatable bonds is 4. The van der Waals surface area contributed by atoms with Gasteiger partial charge in [0.2, 0.25) is 0 Å². The SMILES string of the molecule is Nc1ccc(N2CC(c3cccc(CO)c3)OC(c3ncccn3)C2)cc1. The zero-order valence-corrected chi connectivity index (χ0v) is 14.9. The van der Waals surface area contributed by atoms with Crippen LogP contribution in [0.15, 0.2) is 67.0 Å². The quantitative estimate of drug-likeness (QED) is 0.694. The first-order chi connectivity index (χ1) is 13.2. The highest BCUT2D eigenvalue weighted by Crippen LogP contribution is 2.34. The molecule has 1 aromatic heterocycles. The summed E-state index contributed by atoms with van der Waals surface area (Å²) in [4.78, 5) is 11.0. The lowest BCUT2D eigenvalue weighted by Gasteiger charge is -2.39. The monoisotopic (exact) mass is 362 g/mol. The number of nitrogens with two attached hydrogens (primary N) is 1. The summed E-state index contributed by atoms with van der Waals surface area (Å²) in [5, 5.41) is 9.46. The number of hydrogen-bond donors (Lipinski definition) is 2. The van der Waals surface area contributed by atoms with Gasteiger partial charge in [0.05, 0.1) is 13.2 Å². The fraction of sp³-hybridized carbons (Fsp3) is 0.238. The van der Waals surface area contributed by atoms with Gasteiger partial charge >= 0.3 is 0 Å². The summed E-state index contributed by atoms with van der Waals surface area (Å²) in [7, 11) is 0. The minimum absolute atomic E-state index is 0.00740. The lowest BCUT2D eigenvalue weighted by molar-refractivity contribution is -0.0338. The van der Waals surface area contributed by atoms with Gasteiger partial charge in [-0.15, -0.1) is 0 Å². The zero-order valence-electron chi connectivity index (χ0n) is 14.9. The molecule has 1 aliphatic rings. The molecule has 0 spiro atoms. The third kappa shape index (κ3) is 3.92. The first kappa shape index (κ1) is 17.5. The number of nitrogens with zero attached hydrogens (tertiary/aromatic N) is 3. The second-order valence-electron chi connectivity index (χ2n) is 6.62. The van der Waals surface area contributed by atoms with Crippen molar-refractivity contribution >= 4 is 11.4 Å². The van der Waals surface area contributed by atoms with Crippen LogP contribution in [-0.4, -0.2) is 28.2 Å². The topological polar surface area (TPSA) is 84.5 Å². The number of hydrogen-bond acceptors (Lipinski definition) is 6. The third-order valence-corrected chi connectivity index (χ3v) is 4.74. The van der Waals surface area contributed by atoms with Crippen LogP contribution >= 0.6 is 0 Å². The maximum Gasteiger partial charge on any atom is 0.158 e. The van der Waals surface area contributed by atoms with Crippen LogP contribution in [0.1, 0.15) is 29.2 Å². The summed E-state index contributed by atoms with van der Waals surface area (Å²) in [5.74, 6) is 0.668. The van der Waals surface area contributed by atoms with Gasteiger partial charge in [-0.05, 0) is 41.5 Å². The molecule has 0 amide bonds. The van der Waals surface area contributed by atoms with Crippen LogP contribution in [0.4, 0.5) is 11.4 Å². The Balaban J connectivity index is 1.67. The smallest absolute Gasteiger partial charge is 0.158 e. The average molecular weight is 362 g/mol. The van der Waals surface area contributed by atoms with E-state index in [1.165, 1.54) is 0 Å². The Bertz CT molecular complexity index is 886. The number of aliphatic hydroxyl groups excluding tert-OH is 1. The number of aliphatic hydroxyl groups is 1. The number of ether oxygens (including phenoxy) is 1. The number of morpholine rings is 1. The highest BCUT2D eigenvalue weighted by Gasteiger charge is 2.31. The van der Waals surface area contributed by atoms with E-state index in [0.29, 0.717) is 18.9 Å². The van der Waals surface area contributed by atoms with Crippen molar-refractivity contribution in [1.82, 2.24) is 9.97 Å². The fourth-order valence-electron chi connectivity index (χ4n) is 3.35. The Kier molecular flexibility index (Phi) is 5.00. The van der Waals surface area contributed by atoms with Gasteiger partial charge in [-0.3, -0.25) is 0 Å². The van der Waals surface area contributed by atoms with E-state index in [1.807, 2.05) is 48.5 Å². The molecular formula is C21H22N4O2. The van der Waals surface area contributed by atoms with Crippen LogP contribution in [0.5, 0.6) is 0 Å². The zero-order chi connectivity index (χ0) is 18.6. The summed E-state index contributed by atoms with van der Waals surface area (Å²) in [6.45, 7) is 1.36. The van der Waals surface area contributed by atoms with E-state index in [-0.39, 0.29) is 18.8 Å². The lowest BCUT2D eigenvalue weighted by atomic mass is 10.0. The minimum Gasteiger partial charge on any atom is -0.399 e. The maximum atomic E-state index is 9.46. The molecule has 27 heavy (non-hydrogen) atoms. The standard InChI is InChI=1S/C21H22N4O2/c22-17-5-7-18(8-6-17)25-12-19(16-4-1-3-15(11-16)14-26)27-20(13-25)21-23-9-2-10-24-21/h1-11,19-20,26H,12-14,22H2. The van der Waals surface area contributed by atoms with Crippen LogP contribution in [0.3, 0.4) is 0 Å². The van der Waals surface area contributed by atoms with Gasteiger partial charge in [0.25, 0.3) is 0 Å². The van der Waals surface area contributed by atoms with Crippen molar-refractivity contribution in [3.8, 4) is 0 Å². The van der Waals surface area contributed by atoms with Crippen LogP contribution in [-0.2, 0) is 11.3 Å². The van der Waals surface area contributed by atoms with Gasteiger partial charge in [0.15, 0.2) is 5.82 Å². The predicted molar refractivity (Wildman–Crippen MR) is 104 cm³/mol. The van der Waals surface area contributed by atoms with Crippen molar-refractivity contribution in [3.05, 3.63) is 83.9 Å². The van der Waals surface area contributed by atoms with E-state index >= 15 is 0 Å². The summed E-state index contributed by atoms with van der Waals surface area (Å²) in [6.07, 6.45) is 3.06. The average Bonchev–Trinajstić information content (AvgIpc) is 2.74. The second-order valence-corrected chi connectivity index (χ2v) is 6.62. The van der Waals surface area contributed by atoms with Crippen molar-refractivity contribution in [2.45, 2.75) is 18.8 Å². The molecule has 6 nitrogen and oxygen atoms in total. The molecule has 3 aromatic rings. The summed E-state index contributed by atoms with van der Waals surface area (Å²) >= 11 is 0. The van der Waals surface area contributed by atoms with Crippen LogP contribution < -0.4 is 10.6 Å². The highest BCUT2D eigenvalue weighted by atomic mass is 16.5. The third-order valence-electron chi connectivity index (χ3n) is 4.74. The normalized spacial score (nSPS) is 19.8. The van der Waals surface area contributed by atoms with Crippen molar-refractivity contribution in [1.29, 1.82) is 0 Å². The van der Waals surface area contributed by atoms with Crippen molar-refractivity contribution in [2.24, 2.45) is 0 Å². The molecular weight excluding hydrogens is 340 g/mol. The molecule has 3 N–H and O–H groups in total. The van der Waals surface area contributed by atoms with E-state index < -0.39 is 0 Å². The first-order valence-electron chi connectivity index (χ1n) is 8.95. The van der Waals surface area contributed by atoms with Gasteiger partial charge in [0, 0.05) is 30.3 Å². The largest absolute Gasteiger partial charge is 0.399 e. The van der Waals surface area contributed by atoms with Crippen LogP contribution in [0, 0.1) is 0 Å². The summed E-state index contributed by atoms with van der Waals surface area (Å²) in [6, 6.07) is 17.5. The Hall–Kier alpha value is -2.96. The maximum absolute atomic E-state index is 9.46. The molecule has 138 valence electrons. The van der Waals surface area contributed by atoms with Gasteiger partial charge in [-0.2, -0.15) is 0 Å². The van der Waals surface area contributed by atoms with Crippen molar-refractivity contribution in [3.63, 3.8) is 0 Å². The molecule has 4 rings (SSSR count). The van der Waals surface area contributed by atoms with E-state index in [2.05, 4.69) is 14.9 Å². The predicted octanol–water partition coefficient (Wildman–Crippen LogP) is 2.87. The molecule has 2 aromatic carbocycles. The van der Waals surface area contributed by atoms with E-state index in [9.17, 15) is 5.11 Å². The molecule has 2 heterocycles. The molecule has 2 unspecified atom stereocenters. The van der Waals surface area contributed by atoms with Crippen molar-refractivity contribution < 1.29 is 9.84 Å².